The second-order valence-electron chi connectivity index (χ2n) is 6.02. The second-order valence-corrected chi connectivity index (χ2v) is 6.02. The highest BCUT2D eigenvalue weighted by atomic mass is 16.1. The van der Waals surface area contributed by atoms with Crippen molar-refractivity contribution < 1.29 is 0 Å². The van der Waals surface area contributed by atoms with Crippen LogP contribution in [0.15, 0.2) is 53.5 Å². The molecule has 0 amide bonds. The summed E-state index contributed by atoms with van der Waals surface area (Å²) in [5.41, 5.74) is 2.64. The molecule has 116 valence electrons. The maximum atomic E-state index is 11.4. The van der Waals surface area contributed by atoms with E-state index in [0.29, 0.717) is 0 Å². The van der Waals surface area contributed by atoms with Gasteiger partial charge < -0.3 is 4.57 Å². The Labute approximate surface area is 131 Å². The average molecular weight is 297 g/mol. The number of aryl methyl sites for hydroxylation is 1. The van der Waals surface area contributed by atoms with Crippen molar-refractivity contribution in [2.75, 3.05) is 26.2 Å². The summed E-state index contributed by atoms with van der Waals surface area (Å²) in [5.74, 6) is 0. The van der Waals surface area contributed by atoms with Crippen LogP contribution in [0.4, 0.5) is 0 Å². The molecular formula is C18H23N3O. The largest absolute Gasteiger partial charge is 0.318 e. The SMILES string of the molecule is Cn1cc(CN2CCN(Cc3ccccc3)CC2)ccc1=O. The van der Waals surface area contributed by atoms with Gasteiger partial charge in [0.15, 0.2) is 0 Å². The van der Waals surface area contributed by atoms with Gasteiger partial charge in [-0.1, -0.05) is 36.4 Å². The third-order valence-electron chi connectivity index (χ3n) is 4.27. The molecule has 1 aliphatic rings. The molecule has 0 atom stereocenters. The fourth-order valence-corrected chi connectivity index (χ4v) is 2.95. The van der Waals surface area contributed by atoms with Crippen molar-refractivity contribution in [2.45, 2.75) is 13.1 Å². The lowest BCUT2D eigenvalue weighted by molar-refractivity contribution is 0.122. The summed E-state index contributed by atoms with van der Waals surface area (Å²) in [6.45, 7) is 6.31. The summed E-state index contributed by atoms with van der Waals surface area (Å²) in [4.78, 5) is 16.4. The Hall–Kier alpha value is -1.91. The third-order valence-corrected chi connectivity index (χ3v) is 4.27. The third kappa shape index (κ3) is 3.84. The first kappa shape index (κ1) is 15.0. The second kappa shape index (κ2) is 6.90. The molecule has 1 saturated heterocycles. The first-order chi connectivity index (χ1) is 10.7. The van der Waals surface area contributed by atoms with E-state index in [2.05, 4.69) is 40.1 Å². The number of hydrogen-bond donors (Lipinski definition) is 0. The minimum absolute atomic E-state index is 0.0523. The van der Waals surface area contributed by atoms with E-state index in [0.717, 1.165) is 39.3 Å². The van der Waals surface area contributed by atoms with Crippen LogP contribution in [0.1, 0.15) is 11.1 Å². The molecule has 2 aromatic rings. The molecule has 0 aliphatic carbocycles. The van der Waals surface area contributed by atoms with Crippen LogP contribution >= 0.6 is 0 Å². The topological polar surface area (TPSA) is 28.5 Å². The first-order valence-electron chi connectivity index (χ1n) is 7.85. The molecule has 1 aromatic carbocycles. The van der Waals surface area contributed by atoms with E-state index in [1.807, 2.05) is 19.3 Å². The number of pyridine rings is 1. The fraction of sp³-hybridized carbons (Fsp3) is 0.389. The predicted octanol–water partition coefficient (Wildman–Crippen LogP) is 1.70. The standard InChI is InChI=1S/C18H23N3O/c1-19-13-17(7-8-18(19)22)15-21-11-9-20(10-12-21)14-16-5-3-2-4-6-16/h2-8,13H,9-12,14-15H2,1H3. The van der Waals surface area contributed by atoms with Crippen LogP contribution in [-0.4, -0.2) is 40.5 Å². The molecule has 2 heterocycles. The Balaban J connectivity index is 1.51. The Bertz CT molecular complexity index is 658. The van der Waals surface area contributed by atoms with Gasteiger partial charge in [-0.2, -0.15) is 0 Å². The molecule has 0 unspecified atom stereocenters. The van der Waals surface area contributed by atoms with E-state index in [-0.39, 0.29) is 5.56 Å². The van der Waals surface area contributed by atoms with Crippen LogP contribution in [0, 0.1) is 0 Å². The Morgan fingerprint density at radius 2 is 1.41 bits per heavy atom. The van der Waals surface area contributed by atoms with Crippen molar-refractivity contribution in [3.8, 4) is 0 Å². The number of hydrogen-bond acceptors (Lipinski definition) is 3. The van der Waals surface area contributed by atoms with Crippen LogP contribution < -0.4 is 5.56 Å². The maximum absolute atomic E-state index is 11.4. The molecule has 0 N–H and O–H groups in total. The smallest absolute Gasteiger partial charge is 0.250 e. The summed E-state index contributed by atoms with van der Waals surface area (Å²) in [5, 5.41) is 0. The molecule has 0 spiro atoms. The Morgan fingerprint density at radius 3 is 2.00 bits per heavy atom. The quantitative estimate of drug-likeness (QED) is 0.860. The van der Waals surface area contributed by atoms with E-state index in [1.165, 1.54) is 11.1 Å². The van der Waals surface area contributed by atoms with E-state index in [9.17, 15) is 4.79 Å². The summed E-state index contributed by atoms with van der Waals surface area (Å²) >= 11 is 0. The normalized spacial score (nSPS) is 16.8. The zero-order chi connectivity index (χ0) is 15.4. The van der Waals surface area contributed by atoms with Crippen molar-refractivity contribution in [1.82, 2.24) is 14.4 Å². The van der Waals surface area contributed by atoms with E-state index < -0.39 is 0 Å². The number of benzene rings is 1. The first-order valence-corrected chi connectivity index (χ1v) is 7.85. The van der Waals surface area contributed by atoms with Gasteiger partial charge in [-0.05, 0) is 11.1 Å². The van der Waals surface area contributed by atoms with Gasteiger partial charge in [0.1, 0.15) is 0 Å². The average Bonchev–Trinajstić information content (AvgIpc) is 2.54. The highest BCUT2D eigenvalue weighted by Gasteiger charge is 2.17. The monoisotopic (exact) mass is 297 g/mol. The Morgan fingerprint density at radius 1 is 0.818 bits per heavy atom. The molecular weight excluding hydrogens is 274 g/mol. The van der Waals surface area contributed by atoms with Crippen LogP contribution in [0.2, 0.25) is 0 Å². The lowest BCUT2D eigenvalue weighted by atomic mass is 10.2. The van der Waals surface area contributed by atoms with E-state index in [1.54, 1.807) is 10.6 Å². The lowest BCUT2D eigenvalue weighted by Gasteiger charge is -2.34. The van der Waals surface area contributed by atoms with Crippen molar-refractivity contribution in [1.29, 1.82) is 0 Å². The number of piperazine rings is 1. The zero-order valence-electron chi connectivity index (χ0n) is 13.1. The molecule has 0 bridgehead atoms. The highest BCUT2D eigenvalue weighted by Crippen LogP contribution is 2.10. The summed E-state index contributed by atoms with van der Waals surface area (Å²) in [7, 11) is 1.81. The molecule has 1 aromatic heterocycles. The summed E-state index contributed by atoms with van der Waals surface area (Å²) in [6, 6.07) is 14.2. The lowest BCUT2D eigenvalue weighted by Crippen LogP contribution is -2.45. The van der Waals surface area contributed by atoms with Crippen LogP contribution in [0.25, 0.3) is 0 Å². The van der Waals surface area contributed by atoms with Crippen molar-refractivity contribution in [3.63, 3.8) is 0 Å². The van der Waals surface area contributed by atoms with Crippen molar-refractivity contribution >= 4 is 0 Å². The summed E-state index contributed by atoms with van der Waals surface area (Å²) in [6.07, 6.45) is 1.94. The molecule has 3 rings (SSSR count). The van der Waals surface area contributed by atoms with E-state index >= 15 is 0 Å². The van der Waals surface area contributed by atoms with Gasteiger partial charge in [-0.3, -0.25) is 14.6 Å². The molecule has 22 heavy (non-hydrogen) atoms. The van der Waals surface area contributed by atoms with E-state index in [4.69, 9.17) is 0 Å². The van der Waals surface area contributed by atoms with Gasteiger partial charge in [-0.25, -0.2) is 0 Å². The van der Waals surface area contributed by atoms with Crippen LogP contribution in [0.5, 0.6) is 0 Å². The van der Waals surface area contributed by atoms with Gasteiger partial charge in [0.2, 0.25) is 5.56 Å². The molecule has 4 nitrogen and oxygen atoms in total. The molecule has 0 radical (unpaired) electrons. The van der Waals surface area contributed by atoms with Crippen LogP contribution in [-0.2, 0) is 20.1 Å². The van der Waals surface area contributed by atoms with Gasteiger partial charge >= 0.3 is 0 Å². The fourth-order valence-electron chi connectivity index (χ4n) is 2.95. The maximum Gasteiger partial charge on any atom is 0.250 e. The van der Waals surface area contributed by atoms with Gasteiger partial charge in [0.05, 0.1) is 0 Å². The van der Waals surface area contributed by atoms with Gasteiger partial charge in [-0.15, -0.1) is 0 Å². The van der Waals surface area contributed by atoms with Crippen molar-refractivity contribution in [3.05, 3.63) is 70.1 Å². The number of aromatic nitrogens is 1. The minimum atomic E-state index is 0.0523. The molecule has 4 heteroatoms. The zero-order valence-corrected chi connectivity index (χ0v) is 13.1. The minimum Gasteiger partial charge on any atom is -0.318 e. The molecule has 1 fully saturated rings. The van der Waals surface area contributed by atoms with Gasteiger partial charge in [0, 0.05) is 58.6 Å². The van der Waals surface area contributed by atoms with Crippen molar-refractivity contribution in [2.24, 2.45) is 7.05 Å². The molecule has 1 aliphatic heterocycles. The van der Waals surface area contributed by atoms with Crippen LogP contribution in [0.3, 0.4) is 0 Å². The number of nitrogens with zero attached hydrogens (tertiary/aromatic N) is 3. The van der Waals surface area contributed by atoms with Gasteiger partial charge in [0.25, 0.3) is 0 Å². The number of rotatable bonds is 4. The Kier molecular flexibility index (Phi) is 4.71. The molecule has 0 saturated carbocycles. The summed E-state index contributed by atoms with van der Waals surface area (Å²) < 4.78 is 1.65. The highest BCUT2D eigenvalue weighted by molar-refractivity contribution is 5.14. The predicted molar refractivity (Wildman–Crippen MR) is 88.7 cm³/mol.